The Hall–Kier alpha value is -2.87. The van der Waals surface area contributed by atoms with Crippen LogP contribution in [0.5, 0.6) is 0 Å². The van der Waals surface area contributed by atoms with Gasteiger partial charge in [-0.3, -0.25) is 9.10 Å². The van der Waals surface area contributed by atoms with E-state index in [2.05, 4.69) is 10.1 Å². The van der Waals surface area contributed by atoms with E-state index in [1.54, 1.807) is 37.3 Å². The standard InChI is InChI=1S/C19H22N2O5S/c1-13-6-5-7-16(10-13)21(27(4,24)25)12-18(22)20-17-11-15(19(23)26-3)9-8-14(17)2/h5-11H,12H2,1-4H3,(H,20,22). The van der Waals surface area contributed by atoms with Gasteiger partial charge in [-0.25, -0.2) is 13.2 Å². The Morgan fingerprint density at radius 2 is 1.81 bits per heavy atom. The van der Waals surface area contributed by atoms with Crippen LogP contribution in [0, 0.1) is 13.8 Å². The average molecular weight is 390 g/mol. The number of carbonyl (C=O) groups excluding carboxylic acids is 2. The number of esters is 1. The molecule has 1 N–H and O–H groups in total. The second-order valence-corrected chi connectivity index (χ2v) is 8.08. The molecule has 0 spiro atoms. The molecule has 0 saturated carbocycles. The first kappa shape index (κ1) is 20.4. The molecule has 0 atom stereocenters. The molecule has 0 radical (unpaired) electrons. The predicted molar refractivity (Wildman–Crippen MR) is 105 cm³/mol. The lowest BCUT2D eigenvalue weighted by atomic mass is 10.1. The molecule has 0 heterocycles. The normalized spacial score (nSPS) is 11.0. The van der Waals surface area contributed by atoms with E-state index >= 15 is 0 Å². The van der Waals surface area contributed by atoms with Crippen molar-refractivity contribution in [2.24, 2.45) is 0 Å². The Morgan fingerprint density at radius 3 is 2.41 bits per heavy atom. The summed E-state index contributed by atoms with van der Waals surface area (Å²) in [7, 11) is -2.39. The molecule has 2 aromatic carbocycles. The van der Waals surface area contributed by atoms with Gasteiger partial charge < -0.3 is 10.1 Å². The van der Waals surface area contributed by atoms with E-state index in [0.29, 0.717) is 11.4 Å². The zero-order chi connectivity index (χ0) is 20.2. The molecule has 0 aliphatic heterocycles. The van der Waals surface area contributed by atoms with Crippen molar-refractivity contribution < 1.29 is 22.7 Å². The number of methoxy groups -OCH3 is 1. The van der Waals surface area contributed by atoms with E-state index < -0.39 is 21.9 Å². The molecule has 27 heavy (non-hydrogen) atoms. The number of ether oxygens (including phenoxy) is 1. The van der Waals surface area contributed by atoms with Gasteiger partial charge in [0.15, 0.2) is 0 Å². The Balaban J connectivity index is 2.26. The number of hydrogen-bond donors (Lipinski definition) is 1. The first-order valence-corrected chi connectivity index (χ1v) is 10.00. The summed E-state index contributed by atoms with van der Waals surface area (Å²) in [5.41, 5.74) is 2.73. The first-order chi connectivity index (χ1) is 12.6. The average Bonchev–Trinajstić information content (AvgIpc) is 2.60. The number of nitrogens with zero attached hydrogens (tertiary/aromatic N) is 1. The molecule has 8 heteroatoms. The number of hydrogen-bond acceptors (Lipinski definition) is 5. The van der Waals surface area contributed by atoms with Crippen LogP contribution in [0.15, 0.2) is 42.5 Å². The van der Waals surface area contributed by atoms with Crippen LogP contribution in [0.25, 0.3) is 0 Å². The van der Waals surface area contributed by atoms with Crippen molar-refractivity contribution in [1.29, 1.82) is 0 Å². The molecule has 0 aromatic heterocycles. The quantitative estimate of drug-likeness (QED) is 0.765. The van der Waals surface area contributed by atoms with Crippen LogP contribution in [-0.2, 0) is 19.6 Å². The van der Waals surface area contributed by atoms with Crippen LogP contribution in [0.3, 0.4) is 0 Å². The highest BCUT2D eigenvalue weighted by Gasteiger charge is 2.21. The molecule has 0 aliphatic rings. The zero-order valence-electron chi connectivity index (χ0n) is 15.6. The van der Waals surface area contributed by atoms with Gasteiger partial charge in [0.1, 0.15) is 6.54 Å². The summed E-state index contributed by atoms with van der Waals surface area (Å²) >= 11 is 0. The summed E-state index contributed by atoms with van der Waals surface area (Å²) < 4.78 is 30.0. The fourth-order valence-corrected chi connectivity index (χ4v) is 3.35. The van der Waals surface area contributed by atoms with E-state index in [4.69, 9.17) is 0 Å². The van der Waals surface area contributed by atoms with Crippen molar-refractivity contribution in [3.05, 3.63) is 59.2 Å². The molecule has 1 amide bonds. The number of aryl methyl sites for hydroxylation is 2. The topological polar surface area (TPSA) is 92.8 Å². The summed E-state index contributed by atoms with van der Waals surface area (Å²) in [6, 6.07) is 11.7. The second kappa shape index (κ2) is 8.22. The largest absolute Gasteiger partial charge is 0.465 e. The van der Waals surface area contributed by atoms with Gasteiger partial charge >= 0.3 is 5.97 Å². The molecule has 144 valence electrons. The van der Waals surface area contributed by atoms with Crippen LogP contribution in [0.4, 0.5) is 11.4 Å². The summed E-state index contributed by atoms with van der Waals surface area (Å²) in [4.78, 5) is 24.2. The van der Waals surface area contributed by atoms with Gasteiger partial charge in [-0.1, -0.05) is 18.2 Å². The number of anilines is 2. The van der Waals surface area contributed by atoms with E-state index in [0.717, 1.165) is 21.7 Å². The fourth-order valence-electron chi connectivity index (χ4n) is 2.50. The molecule has 7 nitrogen and oxygen atoms in total. The Bertz CT molecular complexity index is 970. The molecule has 0 fully saturated rings. The minimum Gasteiger partial charge on any atom is -0.465 e. The van der Waals surface area contributed by atoms with Crippen molar-refractivity contribution in [2.45, 2.75) is 13.8 Å². The van der Waals surface area contributed by atoms with Crippen molar-refractivity contribution in [3.8, 4) is 0 Å². The van der Waals surface area contributed by atoms with E-state index in [-0.39, 0.29) is 12.1 Å². The highest BCUT2D eigenvalue weighted by atomic mass is 32.2. The lowest BCUT2D eigenvalue weighted by molar-refractivity contribution is -0.114. The Kier molecular flexibility index (Phi) is 6.22. The van der Waals surface area contributed by atoms with Gasteiger partial charge in [-0.15, -0.1) is 0 Å². The summed E-state index contributed by atoms with van der Waals surface area (Å²) in [6.45, 7) is 3.22. The van der Waals surface area contributed by atoms with Crippen molar-refractivity contribution in [2.75, 3.05) is 29.5 Å². The maximum atomic E-state index is 12.5. The predicted octanol–water partition coefficient (Wildman–Crippen LogP) is 2.49. The van der Waals surface area contributed by atoms with E-state index in [1.165, 1.54) is 13.2 Å². The number of carbonyl (C=O) groups is 2. The smallest absolute Gasteiger partial charge is 0.337 e. The van der Waals surface area contributed by atoms with Crippen LogP contribution < -0.4 is 9.62 Å². The van der Waals surface area contributed by atoms with Gasteiger partial charge in [0.05, 0.1) is 24.6 Å². The first-order valence-electron chi connectivity index (χ1n) is 8.15. The molecule has 2 aromatic rings. The van der Waals surface area contributed by atoms with E-state index in [9.17, 15) is 18.0 Å². The van der Waals surface area contributed by atoms with Gasteiger partial charge in [-0.05, 0) is 49.2 Å². The third kappa shape index (κ3) is 5.30. The maximum Gasteiger partial charge on any atom is 0.337 e. The van der Waals surface area contributed by atoms with Gasteiger partial charge in [0.25, 0.3) is 0 Å². The van der Waals surface area contributed by atoms with Crippen molar-refractivity contribution in [1.82, 2.24) is 0 Å². The van der Waals surface area contributed by atoms with Crippen LogP contribution in [0.1, 0.15) is 21.5 Å². The summed E-state index contributed by atoms with van der Waals surface area (Å²) in [5.74, 6) is -1.05. The second-order valence-electron chi connectivity index (χ2n) is 6.18. The third-order valence-corrected chi connectivity index (χ3v) is 5.05. The molecule has 0 saturated heterocycles. The van der Waals surface area contributed by atoms with Gasteiger partial charge in [-0.2, -0.15) is 0 Å². The Labute approximate surface area is 159 Å². The number of rotatable bonds is 6. The van der Waals surface area contributed by atoms with Gasteiger partial charge in [0, 0.05) is 5.69 Å². The number of nitrogens with one attached hydrogen (secondary N) is 1. The molecular formula is C19H22N2O5S. The van der Waals surface area contributed by atoms with Crippen LogP contribution >= 0.6 is 0 Å². The zero-order valence-corrected chi connectivity index (χ0v) is 16.5. The fraction of sp³-hybridized carbons (Fsp3) is 0.263. The molecule has 0 aliphatic carbocycles. The SMILES string of the molecule is COC(=O)c1ccc(C)c(NC(=O)CN(c2cccc(C)c2)S(C)(=O)=O)c1. The van der Waals surface area contributed by atoms with Crippen molar-refractivity contribution >= 4 is 33.3 Å². The molecule has 0 unspecified atom stereocenters. The Morgan fingerprint density at radius 1 is 1.11 bits per heavy atom. The molecular weight excluding hydrogens is 368 g/mol. The summed E-state index contributed by atoms with van der Waals surface area (Å²) in [6.07, 6.45) is 1.05. The lowest BCUT2D eigenvalue weighted by Crippen LogP contribution is -2.37. The lowest BCUT2D eigenvalue weighted by Gasteiger charge is -2.22. The highest BCUT2D eigenvalue weighted by Crippen LogP contribution is 2.21. The maximum absolute atomic E-state index is 12.5. The third-order valence-electron chi connectivity index (χ3n) is 3.91. The van der Waals surface area contributed by atoms with Crippen LogP contribution in [0.2, 0.25) is 0 Å². The van der Waals surface area contributed by atoms with Gasteiger partial charge in [0.2, 0.25) is 15.9 Å². The minimum atomic E-state index is -3.66. The number of sulfonamides is 1. The van der Waals surface area contributed by atoms with E-state index in [1.807, 2.05) is 13.0 Å². The number of benzene rings is 2. The monoisotopic (exact) mass is 390 g/mol. The summed E-state index contributed by atoms with van der Waals surface area (Å²) in [5, 5.41) is 2.66. The van der Waals surface area contributed by atoms with Crippen molar-refractivity contribution in [3.63, 3.8) is 0 Å². The van der Waals surface area contributed by atoms with Crippen LogP contribution in [-0.4, -0.2) is 40.2 Å². The molecule has 0 bridgehead atoms. The molecule has 2 rings (SSSR count). The highest BCUT2D eigenvalue weighted by molar-refractivity contribution is 7.92. The number of amides is 1. The minimum absolute atomic E-state index is 0.289.